The third-order valence-electron chi connectivity index (χ3n) is 5.98. The maximum Gasteiger partial charge on any atom is 0.261 e. The summed E-state index contributed by atoms with van der Waals surface area (Å²) < 4.78 is 29.0. The van der Waals surface area contributed by atoms with Gasteiger partial charge in [-0.05, 0) is 65.6 Å². The van der Waals surface area contributed by atoms with Crippen LogP contribution in [0.25, 0.3) is 10.8 Å². The molecule has 148 valence electrons. The molecule has 0 bridgehead atoms. The van der Waals surface area contributed by atoms with Crippen molar-refractivity contribution in [1.29, 1.82) is 0 Å². The second-order valence-electron chi connectivity index (χ2n) is 7.66. The second-order valence-corrected chi connectivity index (χ2v) is 9.34. The number of fused-ring (bicyclic) bond motifs is 1. The summed E-state index contributed by atoms with van der Waals surface area (Å²) in [5, 5.41) is 2.12. The lowest BCUT2D eigenvalue weighted by Gasteiger charge is -2.17. The number of nitrogens with zero attached hydrogens (tertiary/aromatic N) is 1. The molecular formula is C23H22N2O3S. The topological polar surface area (TPSA) is 66.5 Å². The summed E-state index contributed by atoms with van der Waals surface area (Å²) in [4.78, 5) is 14.0. The number of nitrogens with one attached hydrogen (secondary N) is 1. The van der Waals surface area contributed by atoms with E-state index in [0.29, 0.717) is 25.1 Å². The average Bonchev–Trinajstić information content (AvgIpc) is 3.34. The molecule has 1 aliphatic heterocycles. The minimum atomic E-state index is -3.73. The van der Waals surface area contributed by atoms with Gasteiger partial charge in [-0.2, -0.15) is 0 Å². The maximum atomic E-state index is 13.1. The Morgan fingerprint density at radius 2 is 1.79 bits per heavy atom. The lowest BCUT2D eigenvalue weighted by Crippen LogP contribution is -2.27. The summed E-state index contributed by atoms with van der Waals surface area (Å²) >= 11 is 0. The number of amides is 1. The normalized spacial score (nSPS) is 15.0. The van der Waals surface area contributed by atoms with Gasteiger partial charge in [-0.3, -0.25) is 9.52 Å². The third kappa shape index (κ3) is 2.90. The highest BCUT2D eigenvalue weighted by molar-refractivity contribution is 7.92. The molecule has 5 nitrogen and oxygen atoms in total. The SMILES string of the molecule is CCC(=O)N1CCc2cc(S(=O)(=O)Nc3ccc4c5c(cccc35)CC4)ccc21. The quantitative estimate of drug-likeness (QED) is 0.711. The lowest BCUT2D eigenvalue weighted by molar-refractivity contribution is -0.118. The van der Waals surface area contributed by atoms with Crippen LogP contribution in [0.2, 0.25) is 0 Å². The van der Waals surface area contributed by atoms with Gasteiger partial charge < -0.3 is 4.90 Å². The summed E-state index contributed by atoms with van der Waals surface area (Å²) in [5.74, 6) is 0.0605. The first kappa shape index (κ1) is 18.2. The summed E-state index contributed by atoms with van der Waals surface area (Å²) in [6.07, 6.45) is 3.11. The van der Waals surface area contributed by atoms with Crippen molar-refractivity contribution in [3.63, 3.8) is 0 Å². The number of hydrogen-bond donors (Lipinski definition) is 1. The largest absolute Gasteiger partial charge is 0.312 e. The highest BCUT2D eigenvalue weighted by Gasteiger charge is 2.26. The molecule has 1 amide bonds. The predicted molar refractivity (Wildman–Crippen MR) is 115 cm³/mol. The van der Waals surface area contributed by atoms with Crippen LogP contribution in [0.1, 0.15) is 30.0 Å². The summed E-state index contributed by atoms with van der Waals surface area (Å²) in [5.41, 5.74) is 4.88. The Balaban J connectivity index is 1.51. The fourth-order valence-electron chi connectivity index (χ4n) is 4.53. The summed E-state index contributed by atoms with van der Waals surface area (Å²) in [6.45, 7) is 2.44. The second kappa shape index (κ2) is 6.59. The monoisotopic (exact) mass is 406 g/mol. The van der Waals surface area contributed by atoms with Crippen LogP contribution < -0.4 is 9.62 Å². The van der Waals surface area contributed by atoms with Gasteiger partial charge in [0.05, 0.1) is 10.6 Å². The van der Waals surface area contributed by atoms with Crippen LogP contribution in [0.4, 0.5) is 11.4 Å². The predicted octanol–water partition coefficient (Wildman–Crippen LogP) is 4.04. The number of rotatable bonds is 4. The number of carbonyl (C=O) groups is 1. The zero-order valence-corrected chi connectivity index (χ0v) is 17.1. The smallest absolute Gasteiger partial charge is 0.261 e. The fraction of sp³-hybridized carbons (Fsp3) is 0.261. The Morgan fingerprint density at radius 3 is 2.59 bits per heavy atom. The Morgan fingerprint density at radius 1 is 1.00 bits per heavy atom. The highest BCUT2D eigenvalue weighted by atomic mass is 32.2. The zero-order chi connectivity index (χ0) is 20.2. The van der Waals surface area contributed by atoms with Crippen molar-refractivity contribution in [2.45, 2.75) is 37.5 Å². The molecular weight excluding hydrogens is 384 g/mol. The molecule has 0 unspecified atom stereocenters. The number of carbonyl (C=O) groups excluding carboxylic acids is 1. The van der Waals surface area contributed by atoms with Crippen LogP contribution in [-0.4, -0.2) is 20.9 Å². The van der Waals surface area contributed by atoms with Gasteiger partial charge in [-0.15, -0.1) is 0 Å². The summed E-state index contributed by atoms with van der Waals surface area (Å²) in [7, 11) is -3.73. The molecule has 0 radical (unpaired) electrons. The Kier molecular flexibility index (Phi) is 4.13. The first-order valence-corrected chi connectivity index (χ1v) is 11.5. The fourth-order valence-corrected chi connectivity index (χ4v) is 5.66. The van der Waals surface area contributed by atoms with Crippen LogP contribution >= 0.6 is 0 Å². The van der Waals surface area contributed by atoms with E-state index in [1.165, 1.54) is 16.5 Å². The minimum absolute atomic E-state index is 0.0605. The number of aryl methyl sites for hydroxylation is 2. The third-order valence-corrected chi connectivity index (χ3v) is 7.34. The molecule has 0 aromatic heterocycles. The lowest BCUT2D eigenvalue weighted by atomic mass is 10.0. The van der Waals surface area contributed by atoms with E-state index in [9.17, 15) is 13.2 Å². The van der Waals surface area contributed by atoms with Crippen molar-refractivity contribution < 1.29 is 13.2 Å². The average molecular weight is 407 g/mol. The van der Waals surface area contributed by atoms with E-state index in [4.69, 9.17) is 0 Å². The maximum absolute atomic E-state index is 13.1. The van der Waals surface area contributed by atoms with Gasteiger partial charge in [-0.1, -0.05) is 31.2 Å². The minimum Gasteiger partial charge on any atom is -0.312 e. The van der Waals surface area contributed by atoms with E-state index >= 15 is 0 Å². The molecule has 0 saturated heterocycles. The number of benzene rings is 3. The molecule has 0 fully saturated rings. The number of sulfonamides is 1. The van der Waals surface area contributed by atoms with Crippen LogP contribution in [0.5, 0.6) is 0 Å². The molecule has 0 spiro atoms. The van der Waals surface area contributed by atoms with Crippen molar-refractivity contribution in [2.75, 3.05) is 16.2 Å². The van der Waals surface area contributed by atoms with Crippen molar-refractivity contribution in [1.82, 2.24) is 0 Å². The molecule has 2 aliphatic rings. The summed E-state index contributed by atoms with van der Waals surface area (Å²) in [6, 6.07) is 15.0. The van der Waals surface area contributed by atoms with E-state index < -0.39 is 10.0 Å². The zero-order valence-electron chi connectivity index (χ0n) is 16.2. The van der Waals surface area contributed by atoms with Gasteiger partial charge in [-0.25, -0.2) is 8.42 Å². The van der Waals surface area contributed by atoms with Crippen molar-refractivity contribution in [3.8, 4) is 0 Å². The number of hydrogen-bond acceptors (Lipinski definition) is 3. The molecule has 29 heavy (non-hydrogen) atoms. The first-order chi connectivity index (χ1) is 14.0. The Bertz CT molecular complexity index is 1250. The van der Waals surface area contributed by atoms with Crippen molar-refractivity contribution in [2.24, 2.45) is 0 Å². The molecule has 1 heterocycles. The highest BCUT2D eigenvalue weighted by Crippen LogP contribution is 2.36. The van der Waals surface area contributed by atoms with Gasteiger partial charge >= 0.3 is 0 Å². The van der Waals surface area contributed by atoms with Gasteiger partial charge in [0.2, 0.25) is 5.91 Å². The van der Waals surface area contributed by atoms with Crippen LogP contribution in [0.15, 0.2) is 53.4 Å². The molecule has 3 aromatic carbocycles. The van der Waals surface area contributed by atoms with E-state index in [-0.39, 0.29) is 10.8 Å². The molecule has 6 heteroatoms. The van der Waals surface area contributed by atoms with E-state index in [1.54, 1.807) is 23.1 Å². The van der Waals surface area contributed by atoms with Crippen LogP contribution in [-0.2, 0) is 34.1 Å². The molecule has 3 aromatic rings. The van der Waals surface area contributed by atoms with Gasteiger partial charge in [0.25, 0.3) is 10.0 Å². The molecule has 0 saturated carbocycles. The van der Waals surface area contributed by atoms with Crippen LogP contribution in [0.3, 0.4) is 0 Å². The van der Waals surface area contributed by atoms with Crippen LogP contribution in [0, 0.1) is 0 Å². The molecule has 1 N–H and O–H groups in total. The number of anilines is 2. The molecule has 5 rings (SSSR count). The van der Waals surface area contributed by atoms with Crippen molar-refractivity contribution in [3.05, 3.63) is 65.2 Å². The molecule has 1 aliphatic carbocycles. The standard InChI is InChI=1S/C23H22N2O3S/c1-2-22(26)25-13-12-17-14-18(9-11-21(17)25)29(27,28)24-20-10-8-16-7-6-15-4-3-5-19(20)23(15)16/h3-5,8-11,14,24H,2,6-7,12-13H2,1H3. The van der Waals surface area contributed by atoms with E-state index in [1.807, 2.05) is 31.2 Å². The van der Waals surface area contributed by atoms with Gasteiger partial charge in [0.1, 0.15) is 0 Å². The van der Waals surface area contributed by atoms with Gasteiger partial charge in [0, 0.05) is 24.0 Å². The Hall–Kier alpha value is -2.86. The van der Waals surface area contributed by atoms with E-state index in [2.05, 4.69) is 10.8 Å². The first-order valence-electron chi connectivity index (χ1n) is 9.97. The van der Waals surface area contributed by atoms with Gasteiger partial charge in [0.15, 0.2) is 0 Å². The molecule has 0 atom stereocenters. The van der Waals surface area contributed by atoms with Crippen molar-refractivity contribution >= 4 is 38.1 Å². The van der Waals surface area contributed by atoms with E-state index in [0.717, 1.165) is 29.5 Å². The Labute approximate surface area is 170 Å².